The van der Waals surface area contributed by atoms with Crippen molar-refractivity contribution in [3.8, 4) is 0 Å². The lowest BCUT2D eigenvalue weighted by Gasteiger charge is -2.11. The number of rotatable bonds is 5. The van der Waals surface area contributed by atoms with Crippen molar-refractivity contribution in [2.75, 3.05) is 0 Å². The molecule has 0 fully saturated rings. The van der Waals surface area contributed by atoms with Crippen molar-refractivity contribution in [2.24, 2.45) is 0 Å². The Morgan fingerprint density at radius 1 is 1.50 bits per heavy atom. The van der Waals surface area contributed by atoms with Crippen molar-refractivity contribution < 1.29 is 14.7 Å². The van der Waals surface area contributed by atoms with Gasteiger partial charge in [-0.2, -0.15) is 0 Å². The van der Waals surface area contributed by atoms with Crippen LogP contribution in [0.3, 0.4) is 0 Å². The van der Waals surface area contributed by atoms with Crippen LogP contribution in [-0.4, -0.2) is 33.0 Å². The lowest BCUT2D eigenvalue weighted by Crippen LogP contribution is -2.40. The van der Waals surface area contributed by atoms with Gasteiger partial charge in [0.25, 0.3) is 5.91 Å². The van der Waals surface area contributed by atoms with Crippen LogP contribution in [0.4, 0.5) is 0 Å². The molecule has 1 aromatic rings. The summed E-state index contributed by atoms with van der Waals surface area (Å²) in [6.07, 6.45) is 5.51. The first kappa shape index (κ1) is 11.8. The minimum atomic E-state index is -1.11. The molecule has 6 nitrogen and oxygen atoms in total. The molecule has 0 spiro atoms. The van der Waals surface area contributed by atoms with Crippen LogP contribution in [0.1, 0.15) is 16.8 Å². The Morgan fingerprint density at radius 3 is 2.62 bits per heavy atom. The van der Waals surface area contributed by atoms with E-state index in [0.717, 1.165) is 0 Å². The summed E-state index contributed by atoms with van der Waals surface area (Å²) in [6, 6.07) is -0.981. The van der Waals surface area contributed by atoms with E-state index < -0.39 is 17.9 Å². The van der Waals surface area contributed by atoms with Crippen LogP contribution in [0.25, 0.3) is 0 Å². The number of carboxylic acid groups (broad SMARTS) is 1. The number of carbonyl (C=O) groups is 2. The van der Waals surface area contributed by atoms with Crippen LogP contribution in [-0.2, 0) is 4.79 Å². The number of carbonyl (C=O) groups excluding carboxylic acids is 1. The molecule has 0 aliphatic carbocycles. The van der Waals surface area contributed by atoms with E-state index in [4.69, 9.17) is 5.11 Å². The molecule has 1 heterocycles. The predicted molar refractivity (Wildman–Crippen MR) is 55.7 cm³/mol. The number of amides is 1. The molecular weight excluding hydrogens is 210 g/mol. The first-order chi connectivity index (χ1) is 7.65. The number of hydrogen-bond acceptors (Lipinski definition) is 4. The average Bonchev–Trinajstić information content (AvgIpc) is 2.29. The maximum Gasteiger partial charge on any atom is 0.326 e. The molecule has 16 heavy (non-hydrogen) atoms. The lowest BCUT2D eigenvalue weighted by atomic mass is 10.2. The molecule has 2 N–H and O–H groups in total. The maximum atomic E-state index is 11.5. The summed E-state index contributed by atoms with van der Waals surface area (Å²) in [4.78, 5) is 29.6. The smallest absolute Gasteiger partial charge is 0.326 e. The zero-order valence-electron chi connectivity index (χ0n) is 8.46. The quantitative estimate of drug-likeness (QED) is 0.694. The van der Waals surface area contributed by atoms with E-state index in [9.17, 15) is 9.59 Å². The highest BCUT2D eigenvalue weighted by Gasteiger charge is 2.19. The Kier molecular flexibility index (Phi) is 4.14. The molecule has 6 heteroatoms. The van der Waals surface area contributed by atoms with Gasteiger partial charge < -0.3 is 10.4 Å². The Morgan fingerprint density at radius 2 is 2.12 bits per heavy atom. The largest absolute Gasteiger partial charge is 0.480 e. The Balaban J connectivity index is 2.69. The minimum absolute atomic E-state index is 0.161. The molecule has 0 aliphatic rings. The van der Waals surface area contributed by atoms with Crippen LogP contribution >= 0.6 is 0 Å². The van der Waals surface area contributed by atoms with Gasteiger partial charge in [-0.15, -0.1) is 6.58 Å². The highest BCUT2D eigenvalue weighted by atomic mass is 16.4. The first-order valence-corrected chi connectivity index (χ1v) is 4.54. The molecule has 84 valence electrons. The number of aliphatic carboxylic acids is 1. The summed E-state index contributed by atoms with van der Waals surface area (Å²) in [7, 11) is 0. The number of hydrogen-bond donors (Lipinski definition) is 2. The molecule has 1 aromatic heterocycles. The molecule has 1 amide bonds. The summed E-state index contributed by atoms with van der Waals surface area (Å²) >= 11 is 0. The van der Waals surface area contributed by atoms with E-state index >= 15 is 0 Å². The van der Waals surface area contributed by atoms with Gasteiger partial charge in [0.15, 0.2) is 0 Å². The van der Waals surface area contributed by atoms with Crippen LogP contribution in [0.2, 0.25) is 0 Å². The molecule has 0 bridgehead atoms. The average molecular weight is 221 g/mol. The molecule has 0 saturated carbocycles. The molecular formula is C10H11N3O3. The Bertz CT molecular complexity index is 392. The summed E-state index contributed by atoms with van der Waals surface area (Å²) in [6.45, 7) is 3.42. The van der Waals surface area contributed by atoms with Gasteiger partial charge in [-0.05, 0) is 6.42 Å². The molecule has 1 atom stereocenters. The standard InChI is InChI=1S/C10H11N3O3/c1-2-3-8(10(15)16)13-9(14)7-4-11-6-12-5-7/h2,4-6,8H,1,3H2,(H,13,14)(H,15,16). The van der Waals surface area contributed by atoms with Gasteiger partial charge in [-0.3, -0.25) is 4.79 Å². The van der Waals surface area contributed by atoms with Crippen molar-refractivity contribution >= 4 is 11.9 Å². The van der Waals surface area contributed by atoms with Crippen molar-refractivity contribution in [1.82, 2.24) is 15.3 Å². The third-order valence-corrected chi connectivity index (χ3v) is 1.83. The van der Waals surface area contributed by atoms with Crippen LogP contribution in [0.5, 0.6) is 0 Å². The van der Waals surface area contributed by atoms with Crippen molar-refractivity contribution in [3.63, 3.8) is 0 Å². The molecule has 0 aromatic carbocycles. The Labute approximate surface area is 92.0 Å². The zero-order valence-corrected chi connectivity index (χ0v) is 8.46. The van der Waals surface area contributed by atoms with E-state index in [-0.39, 0.29) is 12.0 Å². The van der Waals surface area contributed by atoms with Crippen LogP contribution < -0.4 is 5.32 Å². The molecule has 1 rings (SSSR count). The third-order valence-electron chi connectivity index (χ3n) is 1.83. The van der Waals surface area contributed by atoms with E-state index in [2.05, 4.69) is 21.9 Å². The topological polar surface area (TPSA) is 92.2 Å². The first-order valence-electron chi connectivity index (χ1n) is 4.54. The molecule has 0 radical (unpaired) electrons. The third kappa shape index (κ3) is 3.16. The second kappa shape index (κ2) is 5.59. The van der Waals surface area contributed by atoms with Crippen molar-refractivity contribution in [3.05, 3.63) is 36.9 Å². The molecule has 1 unspecified atom stereocenters. The normalized spacial score (nSPS) is 11.5. The van der Waals surface area contributed by atoms with E-state index in [1.54, 1.807) is 0 Å². The highest BCUT2D eigenvalue weighted by Crippen LogP contribution is 1.98. The van der Waals surface area contributed by atoms with Crippen LogP contribution in [0.15, 0.2) is 31.4 Å². The van der Waals surface area contributed by atoms with Crippen molar-refractivity contribution in [1.29, 1.82) is 0 Å². The SMILES string of the molecule is C=CCC(NC(=O)c1cncnc1)C(=O)O. The summed E-state index contributed by atoms with van der Waals surface area (Å²) in [5.41, 5.74) is 0.220. The highest BCUT2D eigenvalue weighted by molar-refractivity contribution is 5.96. The second-order valence-electron chi connectivity index (χ2n) is 3.02. The fourth-order valence-corrected chi connectivity index (χ4v) is 1.05. The number of aromatic nitrogens is 2. The number of carboxylic acids is 1. The molecule has 0 saturated heterocycles. The minimum Gasteiger partial charge on any atom is -0.480 e. The van der Waals surface area contributed by atoms with Gasteiger partial charge in [0.05, 0.1) is 5.56 Å². The van der Waals surface area contributed by atoms with Gasteiger partial charge in [0.2, 0.25) is 0 Å². The maximum absolute atomic E-state index is 11.5. The fourth-order valence-electron chi connectivity index (χ4n) is 1.05. The van der Waals surface area contributed by atoms with Crippen LogP contribution in [0, 0.1) is 0 Å². The van der Waals surface area contributed by atoms with Gasteiger partial charge in [0.1, 0.15) is 12.4 Å². The fraction of sp³-hybridized carbons (Fsp3) is 0.200. The summed E-state index contributed by atoms with van der Waals surface area (Å²) < 4.78 is 0. The van der Waals surface area contributed by atoms with Crippen molar-refractivity contribution in [2.45, 2.75) is 12.5 Å². The molecule has 0 aliphatic heterocycles. The number of nitrogens with one attached hydrogen (secondary N) is 1. The second-order valence-corrected chi connectivity index (χ2v) is 3.02. The number of nitrogens with zero attached hydrogens (tertiary/aromatic N) is 2. The predicted octanol–water partition coefficient (Wildman–Crippen LogP) is 0.236. The van der Waals surface area contributed by atoms with E-state index in [1.807, 2.05) is 0 Å². The Hall–Kier alpha value is -2.24. The van der Waals surface area contributed by atoms with Gasteiger partial charge in [-0.25, -0.2) is 14.8 Å². The monoisotopic (exact) mass is 221 g/mol. The summed E-state index contributed by atoms with van der Waals surface area (Å²) in [5, 5.41) is 11.2. The summed E-state index contributed by atoms with van der Waals surface area (Å²) in [5.74, 6) is -1.63. The zero-order chi connectivity index (χ0) is 12.0. The van der Waals surface area contributed by atoms with Gasteiger partial charge in [0, 0.05) is 12.4 Å². The van der Waals surface area contributed by atoms with Gasteiger partial charge in [-0.1, -0.05) is 6.08 Å². The van der Waals surface area contributed by atoms with Gasteiger partial charge >= 0.3 is 5.97 Å². The van der Waals surface area contributed by atoms with E-state index in [0.29, 0.717) is 0 Å². The lowest BCUT2D eigenvalue weighted by molar-refractivity contribution is -0.139. The van der Waals surface area contributed by atoms with E-state index in [1.165, 1.54) is 24.8 Å².